The number of rotatable bonds is 5. The molecule has 0 aromatic heterocycles. The molecule has 0 spiro atoms. The van der Waals surface area contributed by atoms with Crippen LogP contribution < -0.4 is 11.3 Å². The normalized spacial score (nSPS) is 18.4. The first-order valence-electron chi connectivity index (χ1n) is 7.27. The zero-order valence-corrected chi connectivity index (χ0v) is 12.6. The van der Waals surface area contributed by atoms with E-state index in [2.05, 4.69) is 19.3 Å². The molecule has 0 radical (unpaired) electrons. The van der Waals surface area contributed by atoms with Crippen LogP contribution >= 0.6 is 0 Å². The minimum Gasteiger partial charge on any atom is -0.374 e. The minimum atomic E-state index is -0.443. The summed E-state index contributed by atoms with van der Waals surface area (Å²) in [5.41, 5.74) is 3.83. The Morgan fingerprint density at radius 3 is 2.67 bits per heavy atom. The summed E-state index contributed by atoms with van der Waals surface area (Å²) < 4.78 is 5.90. The van der Waals surface area contributed by atoms with Crippen LogP contribution in [-0.4, -0.2) is 11.0 Å². The first kappa shape index (κ1) is 15.7. The van der Waals surface area contributed by atoms with Crippen LogP contribution in [-0.2, 0) is 11.3 Å². The molecule has 0 heterocycles. The van der Waals surface area contributed by atoms with Crippen LogP contribution in [0.15, 0.2) is 18.2 Å². The van der Waals surface area contributed by atoms with Crippen LogP contribution in [0.3, 0.4) is 0 Å². The van der Waals surface area contributed by atoms with Crippen molar-refractivity contribution in [2.24, 2.45) is 11.3 Å². The highest BCUT2D eigenvalue weighted by molar-refractivity contribution is 5.61. The molecule has 1 fully saturated rings. The highest BCUT2D eigenvalue weighted by Crippen LogP contribution is 2.36. The molecule has 116 valence electrons. The quantitative estimate of drug-likeness (QED) is 0.493. The lowest BCUT2D eigenvalue weighted by atomic mass is 9.76. The fraction of sp³-hybridized carbons (Fsp3) is 0.600. The second kappa shape index (κ2) is 6.41. The van der Waals surface area contributed by atoms with E-state index in [0.717, 1.165) is 31.2 Å². The number of anilines is 1. The first-order chi connectivity index (χ1) is 9.91. The summed E-state index contributed by atoms with van der Waals surface area (Å²) in [5.74, 6) is 5.27. The molecule has 0 unspecified atom stereocenters. The van der Waals surface area contributed by atoms with Gasteiger partial charge in [0.15, 0.2) is 0 Å². The Balaban J connectivity index is 1.95. The lowest BCUT2D eigenvalue weighted by Crippen LogP contribution is -2.26. The van der Waals surface area contributed by atoms with Gasteiger partial charge in [0, 0.05) is 6.07 Å². The van der Waals surface area contributed by atoms with E-state index in [0.29, 0.717) is 17.7 Å². The number of hydrogen-bond acceptors (Lipinski definition) is 5. The zero-order valence-electron chi connectivity index (χ0n) is 12.6. The lowest BCUT2D eigenvalue weighted by molar-refractivity contribution is -0.384. The van der Waals surface area contributed by atoms with Crippen LogP contribution in [0.5, 0.6) is 0 Å². The van der Waals surface area contributed by atoms with Crippen LogP contribution in [0.2, 0.25) is 0 Å². The van der Waals surface area contributed by atoms with Gasteiger partial charge in [-0.1, -0.05) is 19.9 Å². The third kappa shape index (κ3) is 4.15. The molecule has 0 amide bonds. The van der Waals surface area contributed by atoms with Crippen molar-refractivity contribution in [1.29, 1.82) is 0 Å². The monoisotopic (exact) mass is 293 g/mol. The number of nitrogens with two attached hydrogens (primary N) is 1. The number of hydrogen-bond donors (Lipinski definition) is 2. The van der Waals surface area contributed by atoms with Crippen LogP contribution in [0, 0.1) is 15.5 Å². The lowest BCUT2D eigenvalue weighted by Gasteiger charge is -2.34. The largest absolute Gasteiger partial charge is 0.374 e. The molecule has 21 heavy (non-hydrogen) atoms. The zero-order chi connectivity index (χ0) is 15.5. The van der Waals surface area contributed by atoms with E-state index >= 15 is 0 Å². The second-order valence-electron chi connectivity index (χ2n) is 6.43. The third-order valence-electron chi connectivity index (χ3n) is 4.19. The topological polar surface area (TPSA) is 90.4 Å². The number of nitrogen functional groups attached to an aromatic ring is 1. The van der Waals surface area contributed by atoms with Gasteiger partial charge in [-0.05, 0) is 42.7 Å². The minimum absolute atomic E-state index is 0.0247. The Kier molecular flexibility index (Phi) is 4.80. The third-order valence-corrected chi connectivity index (χ3v) is 4.19. The molecule has 0 bridgehead atoms. The molecule has 6 nitrogen and oxygen atoms in total. The fourth-order valence-electron chi connectivity index (χ4n) is 2.69. The maximum Gasteiger partial charge on any atom is 0.294 e. The second-order valence-corrected chi connectivity index (χ2v) is 6.43. The maximum atomic E-state index is 11.0. The highest BCUT2D eigenvalue weighted by Gasteiger charge is 2.27. The van der Waals surface area contributed by atoms with E-state index < -0.39 is 4.92 Å². The Hall–Kier alpha value is -1.66. The number of nitrogens with one attached hydrogen (secondary N) is 1. The standard InChI is InChI=1S/C15H23N3O3/c1-15(2)7-5-12(6-8-15)21-10-11-3-4-13(17-16)14(9-11)18(19)20/h3-4,9,12,17H,5-8,10,16H2,1-2H3. The summed E-state index contributed by atoms with van der Waals surface area (Å²) in [6.07, 6.45) is 4.68. The summed E-state index contributed by atoms with van der Waals surface area (Å²) in [6, 6.07) is 4.93. The summed E-state index contributed by atoms with van der Waals surface area (Å²) in [6.45, 7) is 4.97. The van der Waals surface area contributed by atoms with Gasteiger partial charge in [0.25, 0.3) is 5.69 Å². The van der Waals surface area contributed by atoms with Crippen molar-refractivity contribution in [3.05, 3.63) is 33.9 Å². The molecule has 1 aromatic rings. The molecule has 0 saturated heterocycles. The molecular formula is C15H23N3O3. The van der Waals surface area contributed by atoms with Crippen LogP contribution in [0.4, 0.5) is 11.4 Å². The van der Waals surface area contributed by atoms with Gasteiger partial charge in [-0.3, -0.25) is 16.0 Å². The van der Waals surface area contributed by atoms with Gasteiger partial charge in [0.1, 0.15) is 5.69 Å². The molecule has 1 aliphatic rings. The Morgan fingerprint density at radius 1 is 1.43 bits per heavy atom. The Labute approximate surface area is 124 Å². The molecule has 1 saturated carbocycles. The first-order valence-corrected chi connectivity index (χ1v) is 7.27. The predicted octanol–water partition coefficient (Wildman–Crippen LogP) is 3.37. The molecule has 0 aliphatic heterocycles. The molecule has 1 aliphatic carbocycles. The van der Waals surface area contributed by atoms with Crippen LogP contribution in [0.1, 0.15) is 45.1 Å². The Morgan fingerprint density at radius 2 is 2.10 bits per heavy atom. The predicted molar refractivity (Wildman–Crippen MR) is 81.7 cm³/mol. The van der Waals surface area contributed by atoms with Gasteiger partial charge in [0.05, 0.1) is 17.6 Å². The molecule has 6 heteroatoms. The molecule has 1 aromatic carbocycles. The van der Waals surface area contributed by atoms with E-state index in [4.69, 9.17) is 10.6 Å². The van der Waals surface area contributed by atoms with Gasteiger partial charge in [-0.25, -0.2) is 0 Å². The summed E-state index contributed by atoms with van der Waals surface area (Å²) in [7, 11) is 0. The molecule has 2 rings (SSSR count). The molecule has 0 atom stereocenters. The number of benzene rings is 1. The van der Waals surface area contributed by atoms with E-state index in [1.807, 2.05) is 0 Å². The van der Waals surface area contributed by atoms with Crippen molar-refractivity contribution < 1.29 is 9.66 Å². The number of ether oxygens (including phenoxy) is 1. The van der Waals surface area contributed by atoms with Gasteiger partial charge < -0.3 is 10.2 Å². The number of nitro benzene ring substituents is 1. The number of nitro groups is 1. The Bertz CT molecular complexity index is 507. The summed E-state index contributed by atoms with van der Waals surface area (Å²) >= 11 is 0. The molecular weight excluding hydrogens is 270 g/mol. The molecule has 3 N–H and O–H groups in total. The fourth-order valence-corrected chi connectivity index (χ4v) is 2.69. The average molecular weight is 293 g/mol. The summed E-state index contributed by atoms with van der Waals surface area (Å²) in [5, 5.41) is 11.0. The highest BCUT2D eigenvalue weighted by atomic mass is 16.6. The number of nitrogens with zero attached hydrogens (tertiary/aromatic N) is 1. The van der Waals surface area contributed by atoms with E-state index in [1.54, 1.807) is 12.1 Å². The SMILES string of the molecule is CC1(C)CCC(OCc2ccc(NN)c([N+](=O)[O-])c2)CC1. The maximum absolute atomic E-state index is 11.0. The van der Waals surface area contributed by atoms with Crippen molar-refractivity contribution in [2.75, 3.05) is 5.43 Å². The van der Waals surface area contributed by atoms with Crippen molar-refractivity contribution >= 4 is 11.4 Å². The van der Waals surface area contributed by atoms with Crippen LogP contribution in [0.25, 0.3) is 0 Å². The van der Waals surface area contributed by atoms with Gasteiger partial charge >= 0.3 is 0 Å². The van der Waals surface area contributed by atoms with E-state index in [9.17, 15) is 10.1 Å². The van der Waals surface area contributed by atoms with Crippen molar-refractivity contribution in [2.45, 2.75) is 52.2 Å². The van der Waals surface area contributed by atoms with E-state index in [-0.39, 0.29) is 11.8 Å². The van der Waals surface area contributed by atoms with E-state index in [1.165, 1.54) is 6.07 Å². The smallest absolute Gasteiger partial charge is 0.294 e. The van der Waals surface area contributed by atoms with Crippen molar-refractivity contribution in [3.63, 3.8) is 0 Å². The number of hydrazine groups is 1. The summed E-state index contributed by atoms with van der Waals surface area (Å²) in [4.78, 5) is 10.5. The van der Waals surface area contributed by atoms with Crippen molar-refractivity contribution in [3.8, 4) is 0 Å². The van der Waals surface area contributed by atoms with Gasteiger partial charge in [0.2, 0.25) is 0 Å². The van der Waals surface area contributed by atoms with Gasteiger partial charge in [-0.2, -0.15) is 0 Å². The van der Waals surface area contributed by atoms with Crippen molar-refractivity contribution in [1.82, 2.24) is 0 Å². The van der Waals surface area contributed by atoms with Gasteiger partial charge in [-0.15, -0.1) is 0 Å². The average Bonchev–Trinajstić information content (AvgIpc) is 2.45.